The highest BCUT2D eigenvalue weighted by Crippen LogP contribution is 2.63. The van der Waals surface area contributed by atoms with Gasteiger partial charge in [0.05, 0.1) is 6.10 Å². The van der Waals surface area contributed by atoms with Crippen molar-refractivity contribution in [3.8, 4) is 0 Å². The number of rotatable bonds is 0. The molecule has 7 atom stereocenters. The first kappa shape index (κ1) is 14.9. The van der Waals surface area contributed by atoms with Crippen molar-refractivity contribution in [2.24, 2.45) is 34.3 Å². The van der Waals surface area contributed by atoms with Gasteiger partial charge in [-0.2, -0.15) is 0 Å². The third kappa shape index (κ3) is 1.78. The fourth-order valence-corrected chi connectivity index (χ4v) is 6.49. The second-order valence-electron chi connectivity index (χ2n) is 8.79. The molecule has 0 aliphatic heterocycles. The summed E-state index contributed by atoms with van der Waals surface area (Å²) in [4.78, 5) is 12.4. The number of nitrogens with two attached hydrogens (primary N) is 1. The molecule has 122 valence electrons. The molecule has 0 amide bonds. The van der Waals surface area contributed by atoms with E-state index in [2.05, 4.69) is 19.9 Å². The molecule has 4 aliphatic carbocycles. The normalized spacial score (nSPS) is 54.3. The summed E-state index contributed by atoms with van der Waals surface area (Å²) in [6.07, 6.45) is 8.81. The highest BCUT2D eigenvalue weighted by Gasteiger charge is 2.60. The monoisotopic (exact) mass is 303 g/mol. The van der Waals surface area contributed by atoms with Gasteiger partial charge in [-0.05, 0) is 61.7 Å². The lowest BCUT2D eigenvalue weighted by molar-refractivity contribution is -0.132. The van der Waals surface area contributed by atoms with Crippen molar-refractivity contribution in [3.05, 3.63) is 11.6 Å². The number of aliphatic hydroxyl groups is 1. The second kappa shape index (κ2) is 4.67. The topological polar surface area (TPSA) is 63.3 Å². The van der Waals surface area contributed by atoms with Gasteiger partial charge in [-0.1, -0.05) is 25.5 Å². The van der Waals surface area contributed by atoms with Crippen molar-refractivity contribution >= 4 is 5.78 Å². The highest BCUT2D eigenvalue weighted by molar-refractivity contribution is 5.87. The van der Waals surface area contributed by atoms with Gasteiger partial charge in [0.2, 0.25) is 0 Å². The minimum atomic E-state index is -0.190. The molecule has 0 heterocycles. The summed E-state index contributed by atoms with van der Waals surface area (Å²) in [7, 11) is 0. The molecule has 3 fully saturated rings. The molecule has 0 aromatic carbocycles. The van der Waals surface area contributed by atoms with Crippen molar-refractivity contribution < 1.29 is 9.90 Å². The third-order valence-electron chi connectivity index (χ3n) is 7.88. The zero-order valence-corrected chi connectivity index (χ0v) is 13.8. The minimum Gasteiger partial charge on any atom is -0.393 e. The number of carbonyl (C=O) groups is 1. The number of aliphatic hydroxyl groups excluding tert-OH is 1. The Hall–Kier alpha value is -0.670. The predicted octanol–water partition coefficient (Wildman–Crippen LogP) is 2.82. The number of hydrogen-bond donors (Lipinski definition) is 2. The summed E-state index contributed by atoms with van der Waals surface area (Å²) in [6, 6.07) is 0.0638. The molecule has 4 rings (SSSR count). The van der Waals surface area contributed by atoms with E-state index in [9.17, 15) is 9.90 Å². The maximum absolute atomic E-state index is 12.4. The van der Waals surface area contributed by atoms with E-state index < -0.39 is 0 Å². The summed E-state index contributed by atoms with van der Waals surface area (Å²) in [5.41, 5.74) is 8.07. The van der Waals surface area contributed by atoms with Crippen molar-refractivity contribution in [1.82, 2.24) is 0 Å². The van der Waals surface area contributed by atoms with Crippen molar-refractivity contribution in [2.45, 2.75) is 70.9 Å². The van der Waals surface area contributed by atoms with Crippen LogP contribution in [0, 0.1) is 28.6 Å². The standard InChI is InChI=1S/C19H29NO2/c1-18-7-5-12(21)9-11(18)10-15(20)17-13-3-4-16(22)19(13,2)8-6-14(17)18/h10,12-15,17,21H,3-9,20H2,1-2H3/t12-,13-,14-,15-,17-,18-,19-/m0/s1. The van der Waals surface area contributed by atoms with Crippen LogP contribution >= 0.6 is 0 Å². The van der Waals surface area contributed by atoms with Crippen LogP contribution in [0.2, 0.25) is 0 Å². The lowest BCUT2D eigenvalue weighted by Gasteiger charge is -2.58. The number of fused-ring (bicyclic) bond motifs is 5. The second-order valence-corrected chi connectivity index (χ2v) is 8.79. The van der Waals surface area contributed by atoms with Crippen LogP contribution in [-0.4, -0.2) is 23.0 Å². The first-order chi connectivity index (χ1) is 10.4. The zero-order chi connectivity index (χ0) is 15.7. The molecule has 0 aromatic heterocycles. The summed E-state index contributed by atoms with van der Waals surface area (Å²) >= 11 is 0. The summed E-state index contributed by atoms with van der Waals surface area (Å²) < 4.78 is 0. The first-order valence-electron chi connectivity index (χ1n) is 9.04. The van der Waals surface area contributed by atoms with E-state index in [0.29, 0.717) is 23.5 Å². The van der Waals surface area contributed by atoms with Crippen LogP contribution in [0.5, 0.6) is 0 Å². The van der Waals surface area contributed by atoms with E-state index in [1.807, 2.05) is 0 Å². The lowest BCUT2D eigenvalue weighted by Crippen LogP contribution is -2.56. The lowest BCUT2D eigenvalue weighted by atomic mass is 9.47. The SMILES string of the molecule is C[C@]12CC[C@H](O)CC1=C[C@H](N)[C@@H]1[C@@H]2CC[C@]2(C)C(=O)CC[C@@H]12. The Morgan fingerprint density at radius 1 is 1.14 bits per heavy atom. The van der Waals surface area contributed by atoms with Gasteiger partial charge in [0.15, 0.2) is 0 Å². The molecule has 3 heteroatoms. The van der Waals surface area contributed by atoms with E-state index in [0.717, 1.165) is 44.9 Å². The Morgan fingerprint density at radius 2 is 1.82 bits per heavy atom. The van der Waals surface area contributed by atoms with Gasteiger partial charge >= 0.3 is 0 Å². The summed E-state index contributed by atoms with van der Waals surface area (Å²) in [5, 5.41) is 10.0. The summed E-state index contributed by atoms with van der Waals surface area (Å²) in [6.45, 7) is 4.59. The van der Waals surface area contributed by atoms with Gasteiger partial charge in [-0.25, -0.2) is 0 Å². The maximum atomic E-state index is 12.4. The van der Waals surface area contributed by atoms with Gasteiger partial charge < -0.3 is 10.8 Å². The van der Waals surface area contributed by atoms with Crippen LogP contribution in [0.15, 0.2) is 11.6 Å². The Balaban J connectivity index is 1.75. The van der Waals surface area contributed by atoms with Gasteiger partial charge in [-0.15, -0.1) is 0 Å². The number of Topliss-reactive ketones (excluding diaryl/α,β-unsaturated/α-hetero) is 1. The Kier molecular flexibility index (Phi) is 3.16. The molecular weight excluding hydrogens is 274 g/mol. The van der Waals surface area contributed by atoms with Gasteiger partial charge in [-0.3, -0.25) is 4.79 Å². The largest absolute Gasteiger partial charge is 0.393 e. The number of ketones is 1. The predicted molar refractivity (Wildman–Crippen MR) is 86.1 cm³/mol. The van der Waals surface area contributed by atoms with Crippen LogP contribution in [0.25, 0.3) is 0 Å². The Bertz CT molecular complexity index is 542. The molecule has 3 nitrogen and oxygen atoms in total. The molecule has 0 bridgehead atoms. The van der Waals surface area contributed by atoms with Crippen molar-refractivity contribution in [1.29, 1.82) is 0 Å². The average molecular weight is 303 g/mol. The smallest absolute Gasteiger partial charge is 0.139 e. The molecule has 3 saturated carbocycles. The van der Waals surface area contributed by atoms with Crippen LogP contribution < -0.4 is 5.73 Å². The van der Waals surface area contributed by atoms with E-state index >= 15 is 0 Å². The Morgan fingerprint density at radius 3 is 2.59 bits per heavy atom. The van der Waals surface area contributed by atoms with E-state index in [1.165, 1.54) is 5.57 Å². The molecule has 22 heavy (non-hydrogen) atoms. The van der Waals surface area contributed by atoms with Crippen LogP contribution in [0.1, 0.15) is 58.8 Å². The molecule has 0 unspecified atom stereocenters. The van der Waals surface area contributed by atoms with Crippen LogP contribution in [0.3, 0.4) is 0 Å². The van der Waals surface area contributed by atoms with Gasteiger partial charge in [0, 0.05) is 17.9 Å². The molecule has 4 aliphatic rings. The van der Waals surface area contributed by atoms with E-state index in [-0.39, 0.29) is 23.0 Å². The fourth-order valence-electron chi connectivity index (χ4n) is 6.49. The van der Waals surface area contributed by atoms with Crippen LogP contribution in [0.4, 0.5) is 0 Å². The molecular formula is C19H29NO2. The number of hydrogen-bond acceptors (Lipinski definition) is 3. The molecule has 0 saturated heterocycles. The molecule has 3 N–H and O–H groups in total. The maximum Gasteiger partial charge on any atom is 0.139 e. The molecule has 0 aromatic rings. The van der Waals surface area contributed by atoms with E-state index in [4.69, 9.17) is 5.73 Å². The zero-order valence-electron chi connectivity index (χ0n) is 13.8. The minimum absolute atomic E-state index is 0.0638. The van der Waals surface area contributed by atoms with Gasteiger partial charge in [0.25, 0.3) is 0 Å². The number of carbonyl (C=O) groups excluding carboxylic acids is 1. The molecule has 0 spiro atoms. The van der Waals surface area contributed by atoms with Crippen LogP contribution in [-0.2, 0) is 4.79 Å². The van der Waals surface area contributed by atoms with Gasteiger partial charge in [0.1, 0.15) is 5.78 Å². The third-order valence-corrected chi connectivity index (χ3v) is 7.88. The van der Waals surface area contributed by atoms with Crippen molar-refractivity contribution in [3.63, 3.8) is 0 Å². The fraction of sp³-hybridized carbons (Fsp3) is 0.842. The average Bonchev–Trinajstić information content (AvgIpc) is 2.77. The highest BCUT2D eigenvalue weighted by atomic mass is 16.3. The summed E-state index contributed by atoms with van der Waals surface area (Å²) in [5.74, 6) is 1.99. The van der Waals surface area contributed by atoms with E-state index in [1.54, 1.807) is 0 Å². The van der Waals surface area contributed by atoms with Crippen molar-refractivity contribution in [2.75, 3.05) is 0 Å². The first-order valence-corrected chi connectivity index (χ1v) is 9.04. The molecule has 0 radical (unpaired) electrons. The Labute approximate surface area is 133 Å². The quantitative estimate of drug-likeness (QED) is 0.676.